The van der Waals surface area contributed by atoms with E-state index in [0.29, 0.717) is 19.1 Å². The lowest BCUT2D eigenvalue weighted by atomic mass is 10.1. The fourth-order valence-electron chi connectivity index (χ4n) is 1.78. The van der Waals surface area contributed by atoms with Gasteiger partial charge in [-0.05, 0) is 37.0 Å². The smallest absolute Gasteiger partial charge is 0.236 e. The number of carbonyl (C=O) groups excluding carboxylic acids is 1. The largest absolute Gasteiger partial charge is 0.342 e. The van der Waals surface area contributed by atoms with E-state index in [2.05, 4.69) is 17.2 Å². The van der Waals surface area contributed by atoms with Gasteiger partial charge in [0.25, 0.3) is 0 Å². The Kier molecular flexibility index (Phi) is 3.74. The molecule has 2 rings (SSSR count). The molecule has 0 aliphatic heterocycles. The van der Waals surface area contributed by atoms with Crippen LogP contribution in [0, 0.1) is 6.92 Å². The Morgan fingerprint density at radius 1 is 1.59 bits per heavy atom. The fraction of sp³-hybridized carbons (Fsp3) is 0.538. The molecule has 0 atom stereocenters. The van der Waals surface area contributed by atoms with E-state index in [4.69, 9.17) is 0 Å². The molecule has 17 heavy (non-hydrogen) atoms. The monoisotopic (exact) mass is 233 g/mol. The van der Waals surface area contributed by atoms with Gasteiger partial charge in [0.2, 0.25) is 5.91 Å². The molecule has 1 aromatic rings. The summed E-state index contributed by atoms with van der Waals surface area (Å²) in [5.41, 5.74) is 2.35. The lowest BCUT2D eigenvalue weighted by Crippen LogP contribution is -2.36. The Morgan fingerprint density at radius 3 is 3.00 bits per heavy atom. The number of hydrogen-bond acceptors (Lipinski definition) is 3. The van der Waals surface area contributed by atoms with Gasteiger partial charge >= 0.3 is 0 Å². The second-order valence-electron chi connectivity index (χ2n) is 4.64. The van der Waals surface area contributed by atoms with Crippen molar-refractivity contribution >= 4 is 5.91 Å². The zero-order valence-corrected chi connectivity index (χ0v) is 10.4. The SMILES string of the molecule is Cc1ccncc1CNCC(=O)N(C)C1CC1. The average molecular weight is 233 g/mol. The molecule has 1 fully saturated rings. The van der Waals surface area contributed by atoms with Gasteiger partial charge in [-0.1, -0.05) is 0 Å². The minimum atomic E-state index is 0.175. The molecule has 4 nitrogen and oxygen atoms in total. The summed E-state index contributed by atoms with van der Waals surface area (Å²) in [5.74, 6) is 0.175. The number of aryl methyl sites for hydroxylation is 1. The molecule has 1 saturated carbocycles. The van der Waals surface area contributed by atoms with Gasteiger partial charge in [-0.3, -0.25) is 9.78 Å². The van der Waals surface area contributed by atoms with Gasteiger partial charge in [0, 0.05) is 32.0 Å². The maximum atomic E-state index is 11.7. The Bertz CT molecular complexity index is 401. The third-order valence-electron chi connectivity index (χ3n) is 3.23. The molecule has 1 aliphatic carbocycles. The third kappa shape index (κ3) is 3.27. The van der Waals surface area contributed by atoms with Gasteiger partial charge in [0.05, 0.1) is 6.54 Å². The van der Waals surface area contributed by atoms with Crippen LogP contribution in [0.5, 0.6) is 0 Å². The first kappa shape index (κ1) is 12.0. The summed E-state index contributed by atoms with van der Waals surface area (Å²) in [6, 6.07) is 2.47. The molecule has 0 bridgehead atoms. The minimum Gasteiger partial charge on any atom is -0.342 e. The van der Waals surface area contributed by atoms with Crippen molar-refractivity contribution in [3.8, 4) is 0 Å². The van der Waals surface area contributed by atoms with E-state index in [1.165, 1.54) is 5.56 Å². The first-order valence-corrected chi connectivity index (χ1v) is 6.04. The van der Waals surface area contributed by atoms with Gasteiger partial charge in [-0.25, -0.2) is 0 Å². The van der Waals surface area contributed by atoms with E-state index in [1.54, 1.807) is 6.20 Å². The molecular weight excluding hydrogens is 214 g/mol. The van der Waals surface area contributed by atoms with E-state index in [1.807, 2.05) is 24.2 Å². The lowest BCUT2D eigenvalue weighted by molar-refractivity contribution is -0.129. The summed E-state index contributed by atoms with van der Waals surface area (Å²) in [7, 11) is 1.89. The van der Waals surface area contributed by atoms with Crippen LogP contribution < -0.4 is 5.32 Å². The zero-order valence-electron chi connectivity index (χ0n) is 10.4. The van der Waals surface area contributed by atoms with Crippen molar-refractivity contribution in [2.75, 3.05) is 13.6 Å². The molecule has 92 valence electrons. The van der Waals surface area contributed by atoms with Crippen molar-refractivity contribution < 1.29 is 4.79 Å². The molecule has 1 heterocycles. The number of amides is 1. The van der Waals surface area contributed by atoms with Crippen LogP contribution in [-0.4, -0.2) is 35.4 Å². The Morgan fingerprint density at radius 2 is 2.35 bits per heavy atom. The van der Waals surface area contributed by atoms with Crippen LogP contribution in [0.3, 0.4) is 0 Å². The fourth-order valence-corrected chi connectivity index (χ4v) is 1.78. The number of likely N-dealkylation sites (N-methyl/N-ethyl adjacent to an activating group) is 1. The van der Waals surface area contributed by atoms with E-state index >= 15 is 0 Å². The van der Waals surface area contributed by atoms with E-state index in [-0.39, 0.29) is 5.91 Å². The standard InChI is InChI=1S/C13H19N3O/c1-10-5-6-14-7-11(10)8-15-9-13(17)16(2)12-3-4-12/h5-7,12,15H,3-4,8-9H2,1-2H3. The van der Waals surface area contributed by atoms with Crippen LogP contribution in [0.4, 0.5) is 0 Å². The predicted octanol–water partition coefficient (Wildman–Crippen LogP) is 1.10. The first-order valence-electron chi connectivity index (χ1n) is 6.04. The number of nitrogens with one attached hydrogen (secondary N) is 1. The Balaban J connectivity index is 1.75. The maximum Gasteiger partial charge on any atom is 0.236 e. The highest BCUT2D eigenvalue weighted by molar-refractivity contribution is 5.78. The second-order valence-corrected chi connectivity index (χ2v) is 4.64. The molecule has 4 heteroatoms. The average Bonchev–Trinajstić information content (AvgIpc) is 3.14. The van der Waals surface area contributed by atoms with Crippen LogP contribution in [-0.2, 0) is 11.3 Å². The van der Waals surface area contributed by atoms with Crippen LogP contribution in [0.2, 0.25) is 0 Å². The Labute approximate surface area is 102 Å². The molecular formula is C13H19N3O. The van der Waals surface area contributed by atoms with Crippen molar-refractivity contribution in [3.63, 3.8) is 0 Å². The topological polar surface area (TPSA) is 45.2 Å². The van der Waals surface area contributed by atoms with Crippen LogP contribution in [0.15, 0.2) is 18.5 Å². The molecule has 1 aliphatic rings. The molecule has 1 amide bonds. The number of pyridine rings is 1. The van der Waals surface area contributed by atoms with Crippen molar-refractivity contribution in [1.29, 1.82) is 0 Å². The summed E-state index contributed by atoms with van der Waals surface area (Å²) in [6.07, 6.45) is 5.94. The van der Waals surface area contributed by atoms with Crippen molar-refractivity contribution in [3.05, 3.63) is 29.6 Å². The zero-order chi connectivity index (χ0) is 12.3. The highest BCUT2D eigenvalue weighted by Crippen LogP contribution is 2.25. The predicted molar refractivity (Wildman–Crippen MR) is 66.5 cm³/mol. The highest BCUT2D eigenvalue weighted by atomic mass is 16.2. The van der Waals surface area contributed by atoms with Crippen LogP contribution in [0.25, 0.3) is 0 Å². The molecule has 0 spiro atoms. The maximum absolute atomic E-state index is 11.7. The van der Waals surface area contributed by atoms with Crippen molar-refractivity contribution in [2.45, 2.75) is 32.4 Å². The quantitative estimate of drug-likeness (QED) is 0.828. The number of carbonyl (C=O) groups is 1. The lowest BCUT2D eigenvalue weighted by Gasteiger charge is -2.16. The molecule has 0 radical (unpaired) electrons. The summed E-state index contributed by atoms with van der Waals surface area (Å²) in [5, 5.41) is 3.17. The van der Waals surface area contributed by atoms with Crippen molar-refractivity contribution in [1.82, 2.24) is 15.2 Å². The first-order chi connectivity index (χ1) is 8.18. The number of hydrogen-bond donors (Lipinski definition) is 1. The van der Waals surface area contributed by atoms with E-state index in [0.717, 1.165) is 18.4 Å². The van der Waals surface area contributed by atoms with E-state index < -0.39 is 0 Å². The van der Waals surface area contributed by atoms with Crippen LogP contribution >= 0.6 is 0 Å². The molecule has 1 aromatic heterocycles. The minimum absolute atomic E-state index is 0.175. The third-order valence-corrected chi connectivity index (χ3v) is 3.23. The van der Waals surface area contributed by atoms with Gasteiger partial charge in [0.15, 0.2) is 0 Å². The van der Waals surface area contributed by atoms with Gasteiger partial charge in [-0.2, -0.15) is 0 Å². The molecule has 1 N–H and O–H groups in total. The van der Waals surface area contributed by atoms with Crippen molar-refractivity contribution in [2.24, 2.45) is 0 Å². The molecule has 0 unspecified atom stereocenters. The van der Waals surface area contributed by atoms with Gasteiger partial charge < -0.3 is 10.2 Å². The second kappa shape index (κ2) is 5.27. The van der Waals surface area contributed by atoms with Gasteiger partial charge in [-0.15, -0.1) is 0 Å². The number of aromatic nitrogens is 1. The highest BCUT2D eigenvalue weighted by Gasteiger charge is 2.28. The number of rotatable bonds is 5. The summed E-state index contributed by atoms with van der Waals surface area (Å²) in [4.78, 5) is 17.7. The molecule has 0 aromatic carbocycles. The van der Waals surface area contributed by atoms with Gasteiger partial charge in [0.1, 0.15) is 0 Å². The van der Waals surface area contributed by atoms with E-state index in [9.17, 15) is 4.79 Å². The van der Waals surface area contributed by atoms with Crippen LogP contribution in [0.1, 0.15) is 24.0 Å². The number of nitrogens with zero attached hydrogens (tertiary/aromatic N) is 2. The summed E-state index contributed by atoms with van der Waals surface area (Å²) in [6.45, 7) is 3.15. The Hall–Kier alpha value is -1.42. The summed E-state index contributed by atoms with van der Waals surface area (Å²) < 4.78 is 0. The molecule has 0 saturated heterocycles. The normalized spacial score (nSPS) is 14.7. The summed E-state index contributed by atoms with van der Waals surface area (Å²) >= 11 is 0.